The summed E-state index contributed by atoms with van der Waals surface area (Å²) in [6.07, 6.45) is 0.470. The van der Waals surface area contributed by atoms with Crippen LogP contribution in [0.5, 0.6) is 0 Å². The smallest absolute Gasteiger partial charge is 0.194 e. The molecule has 0 radical (unpaired) electrons. The summed E-state index contributed by atoms with van der Waals surface area (Å²) >= 11 is 0. The van der Waals surface area contributed by atoms with Gasteiger partial charge in [-0.3, -0.25) is 4.79 Å². The quantitative estimate of drug-likeness (QED) is 0.208. The van der Waals surface area contributed by atoms with E-state index in [1.807, 2.05) is 36.4 Å². The number of ketones is 1. The Morgan fingerprint density at radius 2 is 1.81 bits per heavy atom. The highest BCUT2D eigenvalue weighted by atomic mass is 16.1. The summed E-state index contributed by atoms with van der Waals surface area (Å²) in [5.74, 6) is 5.84. The highest BCUT2D eigenvalue weighted by Gasteiger charge is 2.11. The molecule has 0 bridgehead atoms. The molecule has 0 atom stereocenters. The molecule has 2 rings (SSSR count). The van der Waals surface area contributed by atoms with Crippen molar-refractivity contribution < 1.29 is 4.79 Å². The molecule has 0 aromatic heterocycles. The van der Waals surface area contributed by atoms with Crippen LogP contribution in [0.3, 0.4) is 0 Å². The highest BCUT2D eigenvalue weighted by Crippen LogP contribution is 2.13. The molecule has 0 amide bonds. The molecule has 0 spiro atoms. The van der Waals surface area contributed by atoms with E-state index in [0.29, 0.717) is 29.7 Å². The van der Waals surface area contributed by atoms with Crippen LogP contribution in [0, 0.1) is 11.8 Å². The average molecular weight is 275 g/mol. The zero-order valence-electron chi connectivity index (χ0n) is 11.4. The van der Waals surface area contributed by atoms with Gasteiger partial charge >= 0.3 is 0 Å². The van der Waals surface area contributed by atoms with Gasteiger partial charge in [0.1, 0.15) is 0 Å². The van der Waals surface area contributed by atoms with E-state index in [2.05, 4.69) is 21.9 Å². The van der Waals surface area contributed by atoms with Crippen LogP contribution in [0.15, 0.2) is 59.7 Å². The van der Waals surface area contributed by atoms with Gasteiger partial charge < -0.3 is 0 Å². The Bertz CT molecular complexity index is 735. The maximum Gasteiger partial charge on any atom is 0.194 e. The number of hydrogen-bond donors (Lipinski definition) is 0. The molecule has 0 heterocycles. The van der Waals surface area contributed by atoms with E-state index in [1.54, 1.807) is 18.2 Å². The summed E-state index contributed by atoms with van der Waals surface area (Å²) in [6.45, 7) is 0.332. The highest BCUT2D eigenvalue weighted by molar-refractivity contribution is 6.10. The third-order valence-electron chi connectivity index (χ3n) is 2.83. The molecule has 0 saturated carbocycles. The van der Waals surface area contributed by atoms with Crippen molar-refractivity contribution in [1.82, 2.24) is 0 Å². The Balaban J connectivity index is 2.25. The number of benzene rings is 2. The lowest BCUT2D eigenvalue weighted by Gasteiger charge is -2.03. The minimum atomic E-state index is -0.0458. The van der Waals surface area contributed by atoms with Gasteiger partial charge in [-0.15, -0.1) is 0 Å². The van der Waals surface area contributed by atoms with Gasteiger partial charge in [0.05, 0.1) is 0 Å². The van der Waals surface area contributed by atoms with Crippen molar-refractivity contribution in [1.29, 1.82) is 0 Å². The lowest BCUT2D eigenvalue weighted by Crippen LogP contribution is -2.03. The van der Waals surface area contributed by atoms with Gasteiger partial charge in [-0.2, -0.15) is 0 Å². The first-order valence-corrected chi connectivity index (χ1v) is 6.51. The molecule has 4 heteroatoms. The monoisotopic (exact) mass is 275 g/mol. The lowest BCUT2D eigenvalue weighted by molar-refractivity contribution is 0.103. The molecule has 0 saturated heterocycles. The van der Waals surface area contributed by atoms with Crippen molar-refractivity contribution in [2.75, 3.05) is 6.54 Å². The second-order valence-electron chi connectivity index (χ2n) is 4.25. The fraction of sp³-hybridized carbons (Fsp3) is 0.118. The summed E-state index contributed by atoms with van der Waals surface area (Å²) in [6, 6.07) is 16.4. The van der Waals surface area contributed by atoms with Gasteiger partial charge in [0, 0.05) is 34.6 Å². The Morgan fingerprint density at radius 3 is 2.57 bits per heavy atom. The number of nitrogens with zero attached hydrogens (tertiary/aromatic N) is 3. The van der Waals surface area contributed by atoms with Crippen molar-refractivity contribution in [2.24, 2.45) is 5.11 Å². The molecule has 0 aliphatic rings. The minimum Gasteiger partial charge on any atom is -0.289 e. The third kappa shape index (κ3) is 3.97. The van der Waals surface area contributed by atoms with E-state index in [1.165, 1.54) is 0 Å². The maximum atomic E-state index is 12.5. The first-order valence-electron chi connectivity index (χ1n) is 6.51. The van der Waals surface area contributed by atoms with Crippen LogP contribution in [0.1, 0.15) is 27.9 Å². The summed E-state index contributed by atoms with van der Waals surface area (Å²) in [5, 5.41) is 3.42. The van der Waals surface area contributed by atoms with Crippen LogP contribution in [-0.4, -0.2) is 12.3 Å². The normalized spacial score (nSPS) is 9.14. The van der Waals surface area contributed by atoms with Crippen LogP contribution < -0.4 is 0 Å². The molecular weight excluding hydrogens is 262 g/mol. The minimum absolute atomic E-state index is 0.0458. The van der Waals surface area contributed by atoms with E-state index in [9.17, 15) is 4.79 Å². The Kier molecular flexibility index (Phi) is 5.17. The third-order valence-corrected chi connectivity index (χ3v) is 2.83. The number of carbonyl (C=O) groups excluding carboxylic acids is 1. The lowest BCUT2D eigenvalue weighted by atomic mass is 9.98. The molecule has 2 aromatic carbocycles. The first kappa shape index (κ1) is 14.4. The zero-order chi connectivity index (χ0) is 14.9. The number of hydrogen-bond acceptors (Lipinski definition) is 2. The molecule has 2 aromatic rings. The molecule has 21 heavy (non-hydrogen) atoms. The molecule has 0 unspecified atom stereocenters. The van der Waals surface area contributed by atoms with Crippen LogP contribution in [-0.2, 0) is 0 Å². The zero-order valence-corrected chi connectivity index (χ0v) is 11.4. The second kappa shape index (κ2) is 7.54. The summed E-state index contributed by atoms with van der Waals surface area (Å²) in [7, 11) is 0. The largest absolute Gasteiger partial charge is 0.289 e. The van der Waals surface area contributed by atoms with E-state index in [-0.39, 0.29) is 5.78 Å². The Morgan fingerprint density at radius 1 is 1.10 bits per heavy atom. The predicted octanol–water partition coefficient (Wildman–Crippen LogP) is 3.97. The van der Waals surface area contributed by atoms with Crippen molar-refractivity contribution in [3.8, 4) is 11.8 Å². The summed E-state index contributed by atoms with van der Waals surface area (Å²) in [4.78, 5) is 15.1. The summed E-state index contributed by atoms with van der Waals surface area (Å²) < 4.78 is 0. The van der Waals surface area contributed by atoms with Crippen LogP contribution in [0.25, 0.3) is 10.4 Å². The van der Waals surface area contributed by atoms with E-state index in [4.69, 9.17) is 5.53 Å². The molecule has 0 aliphatic heterocycles. The Labute approximate surface area is 123 Å². The molecule has 0 fully saturated rings. The van der Waals surface area contributed by atoms with Crippen LogP contribution in [0.4, 0.5) is 0 Å². The number of carbonyl (C=O) groups is 1. The van der Waals surface area contributed by atoms with Gasteiger partial charge in [-0.25, -0.2) is 0 Å². The van der Waals surface area contributed by atoms with Gasteiger partial charge in [0.15, 0.2) is 5.78 Å². The second-order valence-corrected chi connectivity index (χ2v) is 4.25. The predicted molar refractivity (Wildman–Crippen MR) is 81.8 cm³/mol. The van der Waals surface area contributed by atoms with Crippen molar-refractivity contribution in [3.63, 3.8) is 0 Å². The van der Waals surface area contributed by atoms with Gasteiger partial charge in [0.25, 0.3) is 0 Å². The van der Waals surface area contributed by atoms with E-state index >= 15 is 0 Å². The molecule has 4 nitrogen and oxygen atoms in total. The fourth-order valence-electron chi connectivity index (χ4n) is 1.84. The molecular formula is C17H13N3O. The molecule has 0 N–H and O–H groups in total. The van der Waals surface area contributed by atoms with Crippen molar-refractivity contribution in [2.45, 2.75) is 6.42 Å². The van der Waals surface area contributed by atoms with Crippen molar-refractivity contribution >= 4 is 5.78 Å². The van der Waals surface area contributed by atoms with Crippen LogP contribution >= 0.6 is 0 Å². The summed E-state index contributed by atoms with van der Waals surface area (Å²) in [5.41, 5.74) is 10.1. The van der Waals surface area contributed by atoms with Gasteiger partial charge in [0.2, 0.25) is 0 Å². The van der Waals surface area contributed by atoms with E-state index in [0.717, 1.165) is 0 Å². The SMILES string of the molecule is [N-]=[N+]=NCCC#Cc1ccccc1C(=O)c1ccccc1. The standard InChI is InChI=1S/C17H13N3O/c18-20-19-13-7-6-9-14-8-4-5-12-16(14)17(21)15-10-2-1-3-11-15/h1-5,8,10-12H,7,13H2. The topological polar surface area (TPSA) is 65.8 Å². The Hall–Kier alpha value is -3.02. The van der Waals surface area contributed by atoms with Gasteiger partial charge in [-0.05, 0) is 17.7 Å². The average Bonchev–Trinajstić information content (AvgIpc) is 2.55. The van der Waals surface area contributed by atoms with E-state index < -0.39 is 0 Å². The van der Waals surface area contributed by atoms with Gasteiger partial charge in [-0.1, -0.05) is 59.4 Å². The fourth-order valence-corrected chi connectivity index (χ4v) is 1.84. The van der Waals surface area contributed by atoms with Crippen molar-refractivity contribution in [3.05, 3.63) is 81.7 Å². The first-order chi connectivity index (χ1) is 10.3. The maximum absolute atomic E-state index is 12.5. The van der Waals surface area contributed by atoms with Crippen LogP contribution in [0.2, 0.25) is 0 Å². The number of rotatable bonds is 4. The number of azide groups is 1. The molecule has 0 aliphatic carbocycles. The molecule has 102 valence electrons.